The Morgan fingerprint density at radius 1 is 1.09 bits per heavy atom. The lowest BCUT2D eigenvalue weighted by Gasteiger charge is -2.32. The molecule has 0 N–H and O–H groups in total. The fourth-order valence-corrected chi connectivity index (χ4v) is 4.55. The Morgan fingerprint density at radius 3 is 2.48 bits per heavy atom. The molecule has 0 amide bonds. The van der Waals surface area contributed by atoms with Gasteiger partial charge in [-0.05, 0) is 37.1 Å². The third-order valence-electron chi connectivity index (χ3n) is 4.46. The summed E-state index contributed by atoms with van der Waals surface area (Å²) in [5, 5.41) is 0. The number of hydrogen-bond acceptors (Lipinski definition) is 4. The number of nitrogens with zero attached hydrogens (tertiary/aromatic N) is 1. The molecule has 2 aliphatic rings. The van der Waals surface area contributed by atoms with Crippen LogP contribution in [0.25, 0.3) is 0 Å². The van der Waals surface area contributed by atoms with E-state index in [4.69, 9.17) is 9.47 Å². The molecule has 1 aromatic heterocycles. The fraction of sp³-hybridized carbons (Fsp3) is 0.294. The van der Waals surface area contributed by atoms with E-state index in [2.05, 4.69) is 0 Å². The van der Waals surface area contributed by atoms with E-state index < -0.39 is 15.8 Å². The van der Waals surface area contributed by atoms with Gasteiger partial charge in [0.15, 0.2) is 0 Å². The van der Waals surface area contributed by atoms with E-state index in [0.29, 0.717) is 12.8 Å². The molecule has 1 aromatic carbocycles. The van der Waals surface area contributed by atoms with Crippen LogP contribution in [0.4, 0.5) is 0 Å². The van der Waals surface area contributed by atoms with Crippen LogP contribution in [-0.2, 0) is 32.3 Å². The molecule has 0 fully saturated rings. The molecule has 0 atom stereocenters. The van der Waals surface area contributed by atoms with Gasteiger partial charge in [0.2, 0.25) is 0 Å². The van der Waals surface area contributed by atoms with Crippen LogP contribution in [-0.4, -0.2) is 18.2 Å². The molecule has 120 valence electrons. The van der Waals surface area contributed by atoms with Crippen molar-refractivity contribution < 1.29 is 17.9 Å². The summed E-state index contributed by atoms with van der Waals surface area (Å²) in [5.41, 5.74) is 2.79. The first kappa shape index (κ1) is 14.4. The van der Waals surface area contributed by atoms with Gasteiger partial charge in [0, 0.05) is 18.3 Å². The second kappa shape index (κ2) is 4.89. The van der Waals surface area contributed by atoms with Gasteiger partial charge in [-0.3, -0.25) is 0 Å². The highest BCUT2D eigenvalue weighted by atomic mass is 32.2. The number of aryl methyl sites for hydroxylation is 2. The van der Waals surface area contributed by atoms with Crippen molar-refractivity contribution in [2.24, 2.45) is 0 Å². The van der Waals surface area contributed by atoms with Gasteiger partial charge in [0.25, 0.3) is 15.8 Å². The van der Waals surface area contributed by atoms with E-state index in [9.17, 15) is 8.42 Å². The Kier molecular flexibility index (Phi) is 3.06. The molecule has 0 bridgehead atoms. The molecule has 5 nitrogen and oxygen atoms in total. The minimum atomic E-state index is -3.61. The summed E-state index contributed by atoms with van der Waals surface area (Å²) in [6.45, 7) is 1.93. The van der Waals surface area contributed by atoms with Crippen molar-refractivity contribution in [3.63, 3.8) is 0 Å². The van der Waals surface area contributed by atoms with Crippen LogP contribution in [0.2, 0.25) is 0 Å². The Hall–Kier alpha value is -2.21. The van der Waals surface area contributed by atoms with Crippen LogP contribution in [0, 0.1) is 6.92 Å². The lowest BCUT2D eigenvalue weighted by Crippen LogP contribution is -2.38. The molecule has 1 aliphatic heterocycles. The van der Waals surface area contributed by atoms with Crippen molar-refractivity contribution >= 4 is 10.0 Å². The predicted molar refractivity (Wildman–Crippen MR) is 84.3 cm³/mol. The highest BCUT2D eigenvalue weighted by molar-refractivity contribution is 7.90. The second-order valence-corrected chi connectivity index (χ2v) is 7.81. The summed E-state index contributed by atoms with van der Waals surface area (Å²) in [4.78, 5) is 0.285. The molecule has 2 heterocycles. The smallest absolute Gasteiger partial charge is 0.267 e. The van der Waals surface area contributed by atoms with Crippen molar-refractivity contribution in [3.05, 3.63) is 65.9 Å². The van der Waals surface area contributed by atoms with Gasteiger partial charge in [-0.1, -0.05) is 17.7 Å². The van der Waals surface area contributed by atoms with E-state index in [1.165, 1.54) is 16.5 Å². The standard InChI is InChI=1S/C17H17NO4S/c1-13-2-4-15(5-3-13)23(19,20)18-9-7-14-6-8-17(12-16(14)18)21-10-11-22-17/h2-5,7,9-11H,6,8,12H2,1H3. The number of aromatic nitrogens is 1. The van der Waals surface area contributed by atoms with Crippen molar-refractivity contribution in [2.75, 3.05) is 0 Å². The maximum Gasteiger partial charge on any atom is 0.267 e. The van der Waals surface area contributed by atoms with Gasteiger partial charge < -0.3 is 9.47 Å². The topological polar surface area (TPSA) is 57.5 Å². The molecule has 2 aromatic rings. The van der Waals surface area contributed by atoms with E-state index in [-0.39, 0.29) is 4.90 Å². The average Bonchev–Trinajstić information content (AvgIpc) is 3.15. The maximum absolute atomic E-state index is 12.9. The normalized spacial score (nSPS) is 18.5. The zero-order valence-corrected chi connectivity index (χ0v) is 13.5. The van der Waals surface area contributed by atoms with Gasteiger partial charge in [0.05, 0.1) is 11.3 Å². The highest BCUT2D eigenvalue weighted by Gasteiger charge is 2.42. The minimum absolute atomic E-state index is 0.285. The molecular formula is C17H17NO4S. The molecule has 4 rings (SSSR count). The van der Waals surface area contributed by atoms with Crippen LogP contribution < -0.4 is 0 Å². The van der Waals surface area contributed by atoms with Crippen LogP contribution in [0.15, 0.2) is 53.9 Å². The minimum Gasteiger partial charge on any atom is -0.456 e. The Bertz CT molecular complexity index is 870. The quantitative estimate of drug-likeness (QED) is 0.849. The average molecular weight is 331 g/mol. The number of fused-ring (bicyclic) bond motifs is 1. The zero-order chi connectivity index (χ0) is 16.1. The molecule has 0 saturated heterocycles. The Morgan fingerprint density at radius 2 is 1.78 bits per heavy atom. The van der Waals surface area contributed by atoms with Crippen molar-refractivity contribution in [1.82, 2.24) is 3.97 Å². The van der Waals surface area contributed by atoms with Gasteiger partial charge in [-0.2, -0.15) is 0 Å². The van der Waals surface area contributed by atoms with Crippen LogP contribution in [0.3, 0.4) is 0 Å². The van der Waals surface area contributed by atoms with Crippen LogP contribution in [0.5, 0.6) is 0 Å². The maximum atomic E-state index is 12.9. The molecular weight excluding hydrogens is 314 g/mol. The van der Waals surface area contributed by atoms with Gasteiger partial charge in [0.1, 0.15) is 12.5 Å². The van der Waals surface area contributed by atoms with Gasteiger partial charge in [-0.15, -0.1) is 0 Å². The monoisotopic (exact) mass is 331 g/mol. The molecule has 6 heteroatoms. The zero-order valence-electron chi connectivity index (χ0n) is 12.7. The van der Waals surface area contributed by atoms with Crippen molar-refractivity contribution in [1.29, 1.82) is 0 Å². The first-order valence-electron chi connectivity index (χ1n) is 7.52. The Balaban J connectivity index is 1.76. The number of benzene rings is 1. The van der Waals surface area contributed by atoms with Gasteiger partial charge >= 0.3 is 0 Å². The third-order valence-corrected chi connectivity index (χ3v) is 6.19. The van der Waals surface area contributed by atoms with E-state index in [1.807, 2.05) is 13.0 Å². The number of ether oxygens (including phenoxy) is 2. The molecule has 0 unspecified atom stereocenters. The van der Waals surface area contributed by atoms with E-state index in [0.717, 1.165) is 23.2 Å². The van der Waals surface area contributed by atoms with Crippen LogP contribution >= 0.6 is 0 Å². The van der Waals surface area contributed by atoms with E-state index >= 15 is 0 Å². The lowest BCUT2D eigenvalue weighted by atomic mass is 9.92. The van der Waals surface area contributed by atoms with Crippen LogP contribution in [0.1, 0.15) is 23.2 Å². The summed E-state index contributed by atoms with van der Waals surface area (Å²) in [7, 11) is -3.61. The SMILES string of the molecule is Cc1ccc(S(=O)(=O)n2ccc3c2CC2(CC3)OC=CO2)cc1. The lowest BCUT2D eigenvalue weighted by molar-refractivity contribution is -0.149. The molecule has 1 spiro atoms. The number of hydrogen-bond donors (Lipinski definition) is 0. The largest absolute Gasteiger partial charge is 0.456 e. The Labute approximate surface area is 135 Å². The van der Waals surface area contributed by atoms with E-state index in [1.54, 1.807) is 30.5 Å². The summed E-state index contributed by atoms with van der Waals surface area (Å²) in [6, 6.07) is 8.75. The van der Waals surface area contributed by atoms with Crippen molar-refractivity contribution in [2.45, 2.75) is 36.9 Å². The summed E-state index contributed by atoms with van der Waals surface area (Å²) in [6.07, 6.45) is 6.52. The summed E-state index contributed by atoms with van der Waals surface area (Å²) >= 11 is 0. The van der Waals surface area contributed by atoms with Crippen molar-refractivity contribution in [3.8, 4) is 0 Å². The van der Waals surface area contributed by atoms with Gasteiger partial charge in [-0.25, -0.2) is 12.4 Å². The summed E-state index contributed by atoms with van der Waals surface area (Å²) in [5.74, 6) is -0.758. The second-order valence-electron chi connectivity index (χ2n) is 6.00. The molecule has 0 saturated carbocycles. The number of rotatable bonds is 2. The third kappa shape index (κ3) is 2.25. The fourth-order valence-electron chi connectivity index (χ4n) is 3.15. The predicted octanol–water partition coefficient (Wildman–Crippen LogP) is 2.74. The molecule has 0 radical (unpaired) electrons. The molecule has 23 heavy (non-hydrogen) atoms. The first-order valence-corrected chi connectivity index (χ1v) is 8.96. The molecule has 1 aliphatic carbocycles. The summed E-state index contributed by atoms with van der Waals surface area (Å²) < 4.78 is 38.4. The first-order chi connectivity index (χ1) is 11.0. The highest BCUT2D eigenvalue weighted by Crippen LogP contribution is 2.37.